The van der Waals surface area contributed by atoms with Gasteiger partial charge in [-0.2, -0.15) is 0 Å². The molecule has 3 aliphatic rings. The van der Waals surface area contributed by atoms with Gasteiger partial charge in [-0.3, -0.25) is 0 Å². The molecular weight excluding hydrogens is 228 g/mol. The van der Waals surface area contributed by atoms with Crippen LogP contribution in [0.2, 0.25) is 0 Å². The Morgan fingerprint density at radius 3 is 2.50 bits per heavy atom. The summed E-state index contributed by atoms with van der Waals surface area (Å²) in [7, 11) is 0. The van der Waals surface area contributed by atoms with Crippen LogP contribution in [0, 0.1) is 35.0 Å². The standard InChI is InChI=1S/C15H26O3/c1-8-7-18-13(16)12-10(8)11-9(14(11,2)3)5-6-15(12,4)17/h8-13,16-17H,5-7H2,1-4H3/t8-,9-,10+,11-,12-,13+,15-/m1/s1. The molecule has 0 spiro atoms. The minimum absolute atomic E-state index is 0.127. The number of aliphatic hydroxyl groups is 2. The number of fused-ring (bicyclic) bond motifs is 3. The van der Waals surface area contributed by atoms with E-state index >= 15 is 0 Å². The van der Waals surface area contributed by atoms with Gasteiger partial charge >= 0.3 is 0 Å². The monoisotopic (exact) mass is 254 g/mol. The average molecular weight is 254 g/mol. The van der Waals surface area contributed by atoms with Crippen molar-refractivity contribution in [2.24, 2.45) is 35.0 Å². The van der Waals surface area contributed by atoms with Crippen molar-refractivity contribution in [1.82, 2.24) is 0 Å². The van der Waals surface area contributed by atoms with Gasteiger partial charge in [-0.1, -0.05) is 20.8 Å². The van der Waals surface area contributed by atoms with Gasteiger partial charge in [-0.05, 0) is 48.9 Å². The Labute approximate surface area is 110 Å². The van der Waals surface area contributed by atoms with Gasteiger partial charge in [-0.15, -0.1) is 0 Å². The fourth-order valence-corrected chi connectivity index (χ4v) is 5.02. The molecular formula is C15H26O3. The number of ether oxygens (including phenoxy) is 1. The van der Waals surface area contributed by atoms with Crippen molar-refractivity contribution in [2.75, 3.05) is 6.61 Å². The Bertz CT molecular complexity index is 350. The topological polar surface area (TPSA) is 49.7 Å². The molecule has 104 valence electrons. The largest absolute Gasteiger partial charge is 0.390 e. The summed E-state index contributed by atoms with van der Waals surface area (Å²) < 4.78 is 5.48. The number of aliphatic hydroxyl groups excluding tert-OH is 1. The lowest BCUT2D eigenvalue weighted by Crippen LogP contribution is -2.53. The highest BCUT2D eigenvalue weighted by atomic mass is 16.6. The molecule has 0 aromatic carbocycles. The zero-order valence-electron chi connectivity index (χ0n) is 11.9. The maximum atomic E-state index is 10.7. The fourth-order valence-electron chi connectivity index (χ4n) is 5.02. The van der Waals surface area contributed by atoms with Crippen molar-refractivity contribution in [2.45, 2.75) is 52.4 Å². The van der Waals surface area contributed by atoms with E-state index < -0.39 is 11.9 Å². The van der Waals surface area contributed by atoms with Crippen LogP contribution in [0.25, 0.3) is 0 Å². The van der Waals surface area contributed by atoms with Crippen LogP contribution in [-0.2, 0) is 4.74 Å². The molecule has 2 N–H and O–H groups in total. The molecule has 18 heavy (non-hydrogen) atoms. The number of rotatable bonds is 0. The summed E-state index contributed by atoms with van der Waals surface area (Å²) in [6.07, 6.45) is 1.07. The Kier molecular flexibility index (Phi) is 2.66. The summed E-state index contributed by atoms with van der Waals surface area (Å²) in [5, 5.41) is 20.9. The predicted octanol–water partition coefficient (Wildman–Crippen LogP) is 2.02. The summed E-state index contributed by atoms with van der Waals surface area (Å²) in [6.45, 7) is 9.39. The van der Waals surface area contributed by atoms with Gasteiger partial charge in [0.25, 0.3) is 0 Å². The first-order chi connectivity index (χ1) is 8.27. The van der Waals surface area contributed by atoms with Crippen LogP contribution in [0.5, 0.6) is 0 Å². The summed E-state index contributed by atoms with van der Waals surface area (Å²) in [4.78, 5) is 0. The van der Waals surface area contributed by atoms with Gasteiger partial charge < -0.3 is 14.9 Å². The van der Waals surface area contributed by atoms with Gasteiger partial charge in [0.05, 0.1) is 12.2 Å². The quantitative estimate of drug-likeness (QED) is 0.695. The Morgan fingerprint density at radius 1 is 1.17 bits per heavy atom. The zero-order valence-corrected chi connectivity index (χ0v) is 11.9. The molecule has 0 amide bonds. The van der Waals surface area contributed by atoms with Crippen molar-refractivity contribution in [3.63, 3.8) is 0 Å². The van der Waals surface area contributed by atoms with E-state index in [1.807, 2.05) is 6.92 Å². The fraction of sp³-hybridized carbons (Fsp3) is 1.00. The van der Waals surface area contributed by atoms with Gasteiger partial charge in [-0.25, -0.2) is 0 Å². The van der Waals surface area contributed by atoms with E-state index in [9.17, 15) is 10.2 Å². The van der Waals surface area contributed by atoms with Crippen molar-refractivity contribution in [3.8, 4) is 0 Å². The molecule has 3 heteroatoms. The molecule has 1 aliphatic heterocycles. The molecule has 0 bridgehead atoms. The van der Waals surface area contributed by atoms with Crippen molar-refractivity contribution >= 4 is 0 Å². The van der Waals surface area contributed by atoms with Gasteiger partial charge in [0.1, 0.15) is 0 Å². The zero-order chi connectivity index (χ0) is 13.3. The third-order valence-electron chi connectivity index (χ3n) is 6.14. The molecule has 2 aliphatic carbocycles. The van der Waals surface area contributed by atoms with Crippen molar-refractivity contribution in [3.05, 3.63) is 0 Å². The molecule has 0 unspecified atom stereocenters. The molecule has 3 rings (SSSR count). The Balaban J connectivity index is 1.98. The lowest BCUT2D eigenvalue weighted by atomic mass is 9.68. The van der Waals surface area contributed by atoms with Gasteiger partial charge in [0.15, 0.2) is 6.29 Å². The Morgan fingerprint density at radius 2 is 1.83 bits per heavy atom. The molecule has 3 fully saturated rings. The van der Waals surface area contributed by atoms with Crippen LogP contribution in [0.4, 0.5) is 0 Å². The SMILES string of the molecule is C[C@@H]1CO[C@H](O)[C@H]2[C@@H]1[C@H]1[C@@H](CC[C@@]2(C)O)C1(C)C. The highest BCUT2D eigenvalue weighted by Gasteiger charge is 2.67. The van der Waals surface area contributed by atoms with Crippen LogP contribution >= 0.6 is 0 Å². The minimum atomic E-state index is -0.795. The van der Waals surface area contributed by atoms with Crippen LogP contribution in [0.15, 0.2) is 0 Å². The van der Waals surface area contributed by atoms with Crippen LogP contribution in [0.3, 0.4) is 0 Å². The second-order valence-corrected chi connectivity index (χ2v) is 7.65. The average Bonchev–Trinajstić information content (AvgIpc) is 2.83. The van der Waals surface area contributed by atoms with Crippen LogP contribution in [-0.4, -0.2) is 28.7 Å². The molecule has 0 radical (unpaired) electrons. The smallest absolute Gasteiger partial charge is 0.160 e. The van der Waals surface area contributed by atoms with E-state index in [-0.39, 0.29) is 5.92 Å². The summed E-state index contributed by atoms with van der Waals surface area (Å²) >= 11 is 0. The summed E-state index contributed by atoms with van der Waals surface area (Å²) in [5.41, 5.74) is -0.410. The van der Waals surface area contributed by atoms with Crippen molar-refractivity contribution < 1.29 is 14.9 Å². The first kappa shape index (κ1) is 12.9. The lowest BCUT2D eigenvalue weighted by molar-refractivity contribution is -0.242. The number of hydrogen-bond acceptors (Lipinski definition) is 3. The molecule has 7 atom stereocenters. The Hall–Kier alpha value is -0.120. The molecule has 2 saturated carbocycles. The van der Waals surface area contributed by atoms with Crippen molar-refractivity contribution in [1.29, 1.82) is 0 Å². The maximum absolute atomic E-state index is 10.7. The summed E-state index contributed by atoms with van der Waals surface area (Å²) in [5.74, 6) is 2.05. The molecule has 1 saturated heterocycles. The highest BCUT2D eigenvalue weighted by molar-refractivity contribution is 5.14. The van der Waals surface area contributed by atoms with E-state index in [1.54, 1.807) is 0 Å². The molecule has 0 aromatic heterocycles. The second-order valence-electron chi connectivity index (χ2n) is 7.65. The predicted molar refractivity (Wildman–Crippen MR) is 68.7 cm³/mol. The third kappa shape index (κ3) is 1.60. The maximum Gasteiger partial charge on any atom is 0.160 e. The molecule has 3 nitrogen and oxygen atoms in total. The van der Waals surface area contributed by atoms with E-state index in [1.165, 1.54) is 0 Å². The van der Waals surface area contributed by atoms with E-state index in [0.29, 0.717) is 35.7 Å². The lowest BCUT2D eigenvalue weighted by Gasteiger charge is -2.46. The van der Waals surface area contributed by atoms with Gasteiger partial charge in [0, 0.05) is 5.92 Å². The van der Waals surface area contributed by atoms with E-state index in [2.05, 4.69) is 20.8 Å². The van der Waals surface area contributed by atoms with E-state index in [0.717, 1.165) is 12.8 Å². The normalized spacial score (nSPS) is 58.3. The minimum Gasteiger partial charge on any atom is -0.390 e. The molecule has 0 aromatic rings. The first-order valence-corrected chi connectivity index (χ1v) is 7.29. The highest BCUT2D eigenvalue weighted by Crippen LogP contribution is 2.69. The van der Waals surface area contributed by atoms with E-state index in [4.69, 9.17) is 4.74 Å². The first-order valence-electron chi connectivity index (χ1n) is 7.29. The van der Waals surface area contributed by atoms with Crippen LogP contribution in [0.1, 0.15) is 40.5 Å². The van der Waals surface area contributed by atoms with Gasteiger partial charge in [0.2, 0.25) is 0 Å². The second kappa shape index (κ2) is 3.71. The third-order valence-corrected chi connectivity index (χ3v) is 6.14. The van der Waals surface area contributed by atoms with Crippen LogP contribution < -0.4 is 0 Å². The number of hydrogen-bond donors (Lipinski definition) is 2. The molecule has 1 heterocycles. The summed E-state index contributed by atoms with van der Waals surface area (Å²) in [6, 6.07) is 0.